The van der Waals surface area contributed by atoms with Crippen LogP contribution in [-0.2, 0) is 16.0 Å². The molecule has 2 aliphatic rings. The molecule has 0 aliphatic carbocycles. The van der Waals surface area contributed by atoms with Crippen LogP contribution in [0, 0.1) is 12.8 Å². The van der Waals surface area contributed by atoms with Crippen LogP contribution in [0.15, 0.2) is 23.6 Å². The third kappa shape index (κ3) is 2.51. The molecule has 124 valence electrons. The minimum absolute atomic E-state index is 0.0574. The van der Waals surface area contributed by atoms with Crippen LogP contribution >= 0.6 is 11.3 Å². The maximum Gasteiger partial charge on any atom is 0.232 e. The van der Waals surface area contributed by atoms with Crippen molar-refractivity contribution < 1.29 is 9.59 Å². The van der Waals surface area contributed by atoms with Crippen LogP contribution in [0.2, 0.25) is 0 Å². The van der Waals surface area contributed by atoms with Gasteiger partial charge in [-0.05, 0) is 31.0 Å². The van der Waals surface area contributed by atoms with E-state index in [4.69, 9.17) is 0 Å². The van der Waals surface area contributed by atoms with Crippen LogP contribution in [-0.4, -0.2) is 41.8 Å². The molecule has 1 atom stereocenters. The van der Waals surface area contributed by atoms with Crippen LogP contribution in [0.3, 0.4) is 0 Å². The number of nitrogens with zero attached hydrogens (tertiary/aromatic N) is 3. The first-order valence-corrected chi connectivity index (χ1v) is 9.01. The Labute approximate surface area is 144 Å². The van der Waals surface area contributed by atoms with Crippen LogP contribution in [0.25, 0.3) is 11.3 Å². The van der Waals surface area contributed by atoms with Crippen molar-refractivity contribution in [3.63, 3.8) is 0 Å². The fourth-order valence-electron chi connectivity index (χ4n) is 3.54. The Morgan fingerprint density at radius 3 is 2.88 bits per heavy atom. The topological polar surface area (TPSA) is 53.5 Å². The van der Waals surface area contributed by atoms with Crippen LogP contribution < -0.4 is 4.90 Å². The number of fused-ring (bicyclic) bond motifs is 1. The highest BCUT2D eigenvalue weighted by molar-refractivity contribution is 7.09. The lowest BCUT2D eigenvalue weighted by Gasteiger charge is -2.21. The van der Waals surface area contributed by atoms with Gasteiger partial charge in [-0.2, -0.15) is 0 Å². The van der Waals surface area contributed by atoms with Crippen molar-refractivity contribution in [2.75, 3.05) is 25.0 Å². The van der Waals surface area contributed by atoms with Crippen molar-refractivity contribution >= 4 is 28.8 Å². The van der Waals surface area contributed by atoms with Gasteiger partial charge in [-0.3, -0.25) is 9.59 Å². The molecule has 3 heterocycles. The molecule has 0 spiro atoms. The van der Waals surface area contributed by atoms with Gasteiger partial charge in [-0.1, -0.05) is 6.07 Å². The van der Waals surface area contributed by atoms with Crippen molar-refractivity contribution in [2.24, 2.45) is 5.92 Å². The number of hydrogen-bond acceptors (Lipinski definition) is 4. The quantitative estimate of drug-likeness (QED) is 0.843. The third-order valence-corrected chi connectivity index (χ3v) is 5.62. The Kier molecular flexibility index (Phi) is 3.64. The second-order valence-electron chi connectivity index (χ2n) is 6.51. The standard InChI is InChI=1S/C18H19N3O2S/c1-11-19-15(10-24-11)12-3-4-16-13(7-12)5-6-21(16)18(23)14-8-17(22)20(2)9-14/h3-4,7,10,14H,5-6,8-9H2,1-2H3/t14-/m0/s1. The van der Waals surface area contributed by atoms with E-state index in [1.807, 2.05) is 24.0 Å². The number of anilines is 1. The van der Waals surface area contributed by atoms with Crippen molar-refractivity contribution in [3.8, 4) is 11.3 Å². The number of aryl methyl sites for hydroxylation is 1. The Morgan fingerprint density at radius 1 is 1.38 bits per heavy atom. The van der Waals surface area contributed by atoms with Gasteiger partial charge in [-0.15, -0.1) is 11.3 Å². The molecule has 2 amide bonds. The van der Waals surface area contributed by atoms with Gasteiger partial charge in [0.05, 0.1) is 16.6 Å². The van der Waals surface area contributed by atoms with E-state index in [-0.39, 0.29) is 17.7 Å². The highest BCUT2D eigenvalue weighted by Gasteiger charge is 2.37. The van der Waals surface area contributed by atoms with E-state index in [1.165, 1.54) is 5.56 Å². The third-order valence-electron chi connectivity index (χ3n) is 4.85. The van der Waals surface area contributed by atoms with E-state index in [1.54, 1.807) is 23.3 Å². The number of carbonyl (C=O) groups excluding carboxylic acids is 2. The van der Waals surface area contributed by atoms with Crippen molar-refractivity contribution in [1.82, 2.24) is 9.88 Å². The number of aromatic nitrogens is 1. The first kappa shape index (κ1) is 15.3. The van der Waals surface area contributed by atoms with Crippen molar-refractivity contribution in [3.05, 3.63) is 34.2 Å². The molecular formula is C18H19N3O2S. The molecule has 0 radical (unpaired) electrons. The molecule has 2 aliphatic heterocycles. The number of likely N-dealkylation sites (tertiary alicyclic amines) is 1. The molecule has 1 saturated heterocycles. The Bertz CT molecular complexity index is 829. The zero-order valence-corrected chi connectivity index (χ0v) is 14.6. The molecule has 1 aromatic heterocycles. The molecule has 1 fully saturated rings. The number of benzene rings is 1. The smallest absolute Gasteiger partial charge is 0.232 e. The number of hydrogen-bond donors (Lipinski definition) is 0. The number of rotatable bonds is 2. The molecule has 1 aromatic carbocycles. The highest BCUT2D eigenvalue weighted by atomic mass is 32.1. The summed E-state index contributed by atoms with van der Waals surface area (Å²) in [5, 5.41) is 3.12. The molecular weight excluding hydrogens is 322 g/mol. The van der Waals surface area contributed by atoms with Gasteiger partial charge in [0, 0.05) is 43.2 Å². The van der Waals surface area contributed by atoms with E-state index in [0.29, 0.717) is 19.5 Å². The van der Waals surface area contributed by atoms with E-state index >= 15 is 0 Å². The normalized spacial score (nSPS) is 19.9. The number of carbonyl (C=O) groups is 2. The molecule has 0 saturated carbocycles. The Morgan fingerprint density at radius 2 is 2.21 bits per heavy atom. The summed E-state index contributed by atoms with van der Waals surface area (Å²) in [6.45, 7) is 3.23. The number of amides is 2. The zero-order chi connectivity index (χ0) is 16.8. The van der Waals surface area contributed by atoms with Crippen LogP contribution in [0.1, 0.15) is 17.0 Å². The summed E-state index contributed by atoms with van der Waals surface area (Å²) in [7, 11) is 1.76. The van der Waals surface area contributed by atoms with E-state index in [9.17, 15) is 9.59 Å². The summed E-state index contributed by atoms with van der Waals surface area (Å²) in [5.41, 5.74) is 4.26. The Hall–Kier alpha value is -2.21. The largest absolute Gasteiger partial charge is 0.345 e. The van der Waals surface area contributed by atoms with Gasteiger partial charge in [-0.25, -0.2) is 4.98 Å². The van der Waals surface area contributed by atoms with Gasteiger partial charge >= 0.3 is 0 Å². The highest BCUT2D eigenvalue weighted by Crippen LogP contribution is 2.34. The monoisotopic (exact) mass is 341 g/mol. The fourth-order valence-corrected chi connectivity index (χ4v) is 4.16. The molecule has 0 bridgehead atoms. The minimum Gasteiger partial charge on any atom is -0.345 e. The van der Waals surface area contributed by atoms with Crippen LogP contribution in [0.5, 0.6) is 0 Å². The first-order chi connectivity index (χ1) is 11.5. The first-order valence-electron chi connectivity index (χ1n) is 8.13. The van der Waals surface area contributed by atoms with Gasteiger partial charge in [0.2, 0.25) is 11.8 Å². The molecule has 2 aromatic rings. The molecule has 24 heavy (non-hydrogen) atoms. The van der Waals surface area contributed by atoms with E-state index in [0.717, 1.165) is 28.4 Å². The molecule has 6 heteroatoms. The molecule has 4 rings (SSSR count). The van der Waals surface area contributed by atoms with Gasteiger partial charge in [0.1, 0.15) is 0 Å². The lowest BCUT2D eigenvalue weighted by molar-refractivity contribution is -0.127. The zero-order valence-electron chi connectivity index (χ0n) is 13.8. The summed E-state index contributed by atoms with van der Waals surface area (Å²) >= 11 is 1.64. The van der Waals surface area contributed by atoms with Gasteiger partial charge in [0.25, 0.3) is 0 Å². The fraction of sp³-hybridized carbons (Fsp3) is 0.389. The summed E-state index contributed by atoms with van der Waals surface area (Å²) in [6, 6.07) is 6.19. The average Bonchev–Trinajstić information content (AvgIpc) is 3.26. The molecule has 5 nitrogen and oxygen atoms in total. The summed E-state index contributed by atoms with van der Waals surface area (Å²) < 4.78 is 0. The summed E-state index contributed by atoms with van der Waals surface area (Å²) in [5.74, 6) is -0.0833. The van der Waals surface area contributed by atoms with E-state index in [2.05, 4.69) is 16.4 Å². The maximum absolute atomic E-state index is 12.8. The number of thiazole rings is 1. The minimum atomic E-state index is -0.214. The average molecular weight is 341 g/mol. The SMILES string of the molecule is Cc1nc(-c2ccc3c(c2)CCN3C(=O)[C@H]2CC(=O)N(C)C2)cs1. The summed E-state index contributed by atoms with van der Waals surface area (Å²) in [4.78, 5) is 32.5. The predicted octanol–water partition coefficient (Wildman–Crippen LogP) is 2.49. The second kappa shape index (κ2) is 5.70. The Balaban J connectivity index is 1.58. The molecule has 0 N–H and O–H groups in total. The van der Waals surface area contributed by atoms with Crippen LogP contribution in [0.4, 0.5) is 5.69 Å². The van der Waals surface area contributed by atoms with Crippen molar-refractivity contribution in [2.45, 2.75) is 19.8 Å². The lowest BCUT2D eigenvalue weighted by atomic mass is 10.1. The maximum atomic E-state index is 12.8. The summed E-state index contributed by atoms with van der Waals surface area (Å²) in [6.07, 6.45) is 1.19. The van der Waals surface area contributed by atoms with Gasteiger partial charge in [0.15, 0.2) is 0 Å². The lowest BCUT2D eigenvalue weighted by Crippen LogP contribution is -2.35. The predicted molar refractivity (Wildman–Crippen MR) is 94.1 cm³/mol. The van der Waals surface area contributed by atoms with Crippen molar-refractivity contribution in [1.29, 1.82) is 0 Å². The van der Waals surface area contributed by atoms with E-state index < -0.39 is 0 Å². The van der Waals surface area contributed by atoms with Gasteiger partial charge < -0.3 is 9.80 Å². The second-order valence-corrected chi connectivity index (χ2v) is 7.57. The molecule has 0 unspecified atom stereocenters.